The number of aryl methyl sites for hydroxylation is 1. The minimum absolute atomic E-state index is 0.561. The van der Waals surface area contributed by atoms with Gasteiger partial charge in [0, 0.05) is 18.7 Å². The minimum atomic E-state index is 0.561. The van der Waals surface area contributed by atoms with E-state index in [-0.39, 0.29) is 0 Å². The van der Waals surface area contributed by atoms with Crippen molar-refractivity contribution in [2.24, 2.45) is 5.92 Å². The van der Waals surface area contributed by atoms with Crippen molar-refractivity contribution in [3.05, 3.63) is 17.2 Å². The number of fused-ring (bicyclic) bond motifs is 1. The zero-order valence-corrected chi connectivity index (χ0v) is 10.3. The molecule has 0 saturated heterocycles. The molecule has 0 amide bonds. The van der Waals surface area contributed by atoms with E-state index in [1.54, 1.807) is 0 Å². The standard InChI is InChI=1S/C12H19ClN2/c1-3-4-12-14-10(8-13)11-7-9(2)5-6-15(11)12/h9H,3-8H2,1-2H3. The lowest BCUT2D eigenvalue weighted by molar-refractivity contribution is 0.407. The number of hydrogen-bond acceptors (Lipinski definition) is 1. The molecule has 0 saturated carbocycles. The number of hydrogen-bond donors (Lipinski definition) is 0. The second-order valence-electron chi connectivity index (χ2n) is 4.55. The van der Waals surface area contributed by atoms with Crippen molar-refractivity contribution in [3.63, 3.8) is 0 Å². The first-order valence-corrected chi connectivity index (χ1v) is 6.42. The molecule has 0 bridgehead atoms. The first-order chi connectivity index (χ1) is 7.26. The van der Waals surface area contributed by atoms with E-state index in [1.165, 1.54) is 17.9 Å². The molecule has 0 aliphatic carbocycles. The molecule has 0 N–H and O–H groups in total. The average molecular weight is 227 g/mol. The van der Waals surface area contributed by atoms with Gasteiger partial charge in [0.25, 0.3) is 0 Å². The van der Waals surface area contributed by atoms with E-state index in [1.807, 2.05) is 0 Å². The molecule has 1 aromatic heterocycles. The summed E-state index contributed by atoms with van der Waals surface area (Å²) < 4.78 is 2.40. The van der Waals surface area contributed by atoms with Crippen molar-refractivity contribution in [1.29, 1.82) is 0 Å². The summed E-state index contributed by atoms with van der Waals surface area (Å²) in [7, 11) is 0. The number of nitrogens with zero attached hydrogens (tertiary/aromatic N) is 2. The molecule has 1 aromatic rings. The summed E-state index contributed by atoms with van der Waals surface area (Å²) in [4.78, 5) is 4.67. The molecule has 15 heavy (non-hydrogen) atoms. The number of imidazole rings is 1. The minimum Gasteiger partial charge on any atom is -0.332 e. The summed E-state index contributed by atoms with van der Waals surface area (Å²) in [5, 5.41) is 0. The SMILES string of the molecule is CCCc1nc(CCl)c2n1CCC(C)C2. The molecule has 1 aliphatic rings. The van der Waals surface area contributed by atoms with Crippen LogP contribution < -0.4 is 0 Å². The second kappa shape index (κ2) is 4.56. The van der Waals surface area contributed by atoms with Gasteiger partial charge in [0.1, 0.15) is 5.82 Å². The Labute approximate surface area is 96.7 Å². The van der Waals surface area contributed by atoms with E-state index in [2.05, 4.69) is 23.4 Å². The Morgan fingerprint density at radius 2 is 2.33 bits per heavy atom. The maximum Gasteiger partial charge on any atom is 0.109 e. The summed E-state index contributed by atoms with van der Waals surface area (Å²) in [6.45, 7) is 5.65. The Morgan fingerprint density at radius 3 is 3.00 bits per heavy atom. The van der Waals surface area contributed by atoms with E-state index in [0.717, 1.165) is 37.4 Å². The van der Waals surface area contributed by atoms with Crippen molar-refractivity contribution >= 4 is 11.6 Å². The highest BCUT2D eigenvalue weighted by Gasteiger charge is 2.22. The molecular formula is C12H19ClN2. The van der Waals surface area contributed by atoms with Crippen LogP contribution >= 0.6 is 11.6 Å². The molecule has 0 spiro atoms. The van der Waals surface area contributed by atoms with Crippen molar-refractivity contribution in [3.8, 4) is 0 Å². The topological polar surface area (TPSA) is 17.8 Å². The highest BCUT2D eigenvalue weighted by atomic mass is 35.5. The molecule has 0 radical (unpaired) electrons. The summed E-state index contributed by atoms with van der Waals surface area (Å²) in [6, 6.07) is 0. The Hall–Kier alpha value is -0.500. The number of aromatic nitrogens is 2. The van der Waals surface area contributed by atoms with Crippen LogP contribution in [-0.2, 0) is 25.3 Å². The fourth-order valence-electron chi connectivity index (χ4n) is 2.39. The molecule has 1 unspecified atom stereocenters. The van der Waals surface area contributed by atoms with Gasteiger partial charge in [-0.15, -0.1) is 11.6 Å². The lowest BCUT2D eigenvalue weighted by Crippen LogP contribution is -2.19. The van der Waals surface area contributed by atoms with Gasteiger partial charge < -0.3 is 4.57 Å². The summed E-state index contributed by atoms with van der Waals surface area (Å²) in [5.41, 5.74) is 2.51. The van der Waals surface area contributed by atoms with E-state index >= 15 is 0 Å². The second-order valence-corrected chi connectivity index (χ2v) is 4.82. The van der Waals surface area contributed by atoms with Gasteiger partial charge in [-0.25, -0.2) is 4.98 Å². The van der Waals surface area contributed by atoms with E-state index in [9.17, 15) is 0 Å². The molecule has 0 aromatic carbocycles. The fourth-order valence-corrected chi connectivity index (χ4v) is 2.60. The molecule has 1 aliphatic heterocycles. The Kier molecular flexibility index (Phi) is 3.35. The van der Waals surface area contributed by atoms with Crippen LogP contribution in [0.15, 0.2) is 0 Å². The van der Waals surface area contributed by atoms with Crippen LogP contribution in [0.25, 0.3) is 0 Å². The number of halogens is 1. The predicted octanol–water partition coefficient (Wildman–Crippen LogP) is 3.16. The van der Waals surface area contributed by atoms with Crippen LogP contribution in [0.4, 0.5) is 0 Å². The molecule has 2 nitrogen and oxygen atoms in total. The lowest BCUT2D eigenvalue weighted by Gasteiger charge is -2.22. The maximum absolute atomic E-state index is 5.95. The zero-order valence-electron chi connectivity index (χ0n) is 9.59. The van der Waals surface area contributed by atoms with Gasteiger partial charge in [0.05, 0.1) is 11.6 Å². The molecule has 1 atom stereocenters. The van der Waals surface area contributed by atoms with Crippen LogP contribution in [0.2, 0.25) is 0 Å². The molecule has 2 rings (SSSR count). The number of alkyl halides is 1. The monoisotopic (exact) mass is 226 g/mol. The summed E-state index contributed by atoms with van der Waals surface area (Å²) in [6.07, 6.45) is 4.67. The van der Waals surface area contributed by atoms with Gasteiger partial charge >= 0.3 is 0 Å². The van der Waals surface area contributed by atoms with E-state index < -0.39 is 0 Å². The number of rotatable bonds is 3. The third-order valence-electron chi connectivity index (χ3n) is 3.22. The van der Waals surface area contributed by atoms with Gasteiger partial charge in [-0.2, -0.15) is 0 Å². The molecule has 0 fully saturated rings. The summed E-state index contributed by atoms with van der Waals surface area (Å²) in [5.74, 6) is 2.59. The lowest BCUT2D eigenvalue weighted by atomic mass is 9.97. The highest BCUT2D eigenvalue weighted by Crippen LogP contribution is 2.26. The Balaban J connectivity index is 2.35. The van der Waals surface area contributed by atoms with Crippen molar-refractivity contribution in [2.45, 2.75) is 52.0 Å². The highest BCUT2D eigenvalue weighted by molar-refractivity contribution is 6.17. The predicted molar refractivity (Wildman–Crippen MR) is 63.3 cm³/mol. The van der Waals surface area contributed by atoms with Crippen LogP contribution in [-0.4, -0.2) is 9.55 Å². The van der Waals surface area contributed by atoms with Crippen molar-refractivity contribution in [1.82, 2.24) is 9.55 Å². The van der Waals surface area contributed by atoms with Crippen molar-refractivity contribution in [2.75, 3.05) is 0 Å². The van der Waals surface area contributed by atoms with Crippen LogP contribution in [0.1, 0.15) is 43.9 Å². The van der Waals surface area contributed by atoms with Gasteiger partial charge in [0.2, 0.25) is 0 Å². The van der Waals surface area contributed by atoms with Crippen molar-refractivity contribution < 1.29 is 0 Å². The van der Waals surface area contributed by atoms with E-state index in [4.69, 9.17) is 11.6 Å². The summed E-state index contributed by atoms with van der Waals surface area (Å²) >= 11 is 5.95. The Bertz CT molecular complexity index is 344. The maximum atomic E-state index is 5.95. The quantitative estimate of drug-likeness (QED) is 0.724. The smallest absolute Gasteiger partial charge is 0.109 e. The third-order valence-corrected chi connectivity index (χ3v) is 3.48. The zero-order chi connectivity index (χ0) is 10.8. The van der Waals surface area contributed by atoms with Crippen LogP contribution in [0.3, 0.4) is 0 Å². The molecular weight excluding hydrogens is 208 g/mol. The van der Waals surface area contributed by atoms with E-state index in [0.29, 0.717) is 5.88 Å². The fraction of sp³-hybridized carbons (Fsp3) is 0.750. The molecule has 84 valence electrons. The van der Waals surface area contributed by atoms with Crippen LogP contribution in [0, 0.1) is 5.92 Å². The first-order valence-electron chi connectivity index (χ1n) is 5.89. The largest absolute Gasteiger partial charge is 0.332 e. The first kappa shape index (κ1) is 11.0. The average Bonchev–Trinajstić information content (AvgIpc) is 2.56. The molecule has 3 heteroatoms. The third kappa shape index (κ3) is 2.05. The molecule has 2 heterocycles. The van der Waals surface area contributed by atoms with Gasteiger partial charge in [-0.05, 0) is 25.2 Å². The Morgan fingerprint density at radius 1 is 1.53 bits per heavy atom. The van der Waals surface area contributed by atoms with Crippen LogP contribution in [0.5, 0.6) is 0 Å². The van der Waals surface area contributed by atoms with Gasteiger partial charge in [-0.3, -0.25) is 0 Å². The van der Waals surface area contributed by atoms with Gasteiger partial charge in [0.15, 0.2) is 0 Å². The normalized spacial score (nSPS) is 20.3. The van der Waals surface area contributed by atoms with Gasteiger partial charge in [-0.1, -0.05) is 13.8 Å².